The highest BCUT2D eigenvalue weighted by Gasteiger charge is 2.59. The van der Waals surface area contributed by atoms with Crippen LogP contribution in [0.5, 0.6) is 0 Å². The average molecular weight is 359 g/mol. The summed E-state index contributed by atoms with van der Waals surface area (Å²) in [4.78, 5) is 9.64. The Morgan fingerprint density at radius 2 is 1.77 bits per heavy atom. The molecule has 3 N–H and O–H groups in total. The normalized spacial score (nSPS) is 14.8. The SMILES string of the molecule is Cc1cc(C)c2[nH]ccc2c1C(O)(c1nc2ccccc2[nH]1)C(F)(F)F. The first kappa shape index (κ1) is 16.7. The number of aryl methyl sites for hydroxylation is 2. The maximum Gasteiger partial charge on any atom is 0.428 e. The quantitative estimate of drug-likeness (QED) is 0.495. The van der Waals surface area contributed by atoms with Gasteiger partial charge in [0.1, 0.15) is 0 Å². The third-order valence-corrected chi connectivity index (χ3v) is 4.74. The molecule has 1 unspecified atom stereocenters. The first-order chi connectivity index (χ1) is 12.2. The summed E-state index contributed by atoms with van der Waals surface area (Å²) in [7, 11) is 0. The number of imidazole rings is 1. The van der Waals surface area contributed by atoms with Crippen molar-refractivity contribution < 1.29 is 18.3 Å². The van der Waals surface area contributed by atoms with Gasteiger partial charge in [0.25, 0.3) is 0 Å². The molecule has 4 rings (SSSR count). The van der Waals surface area contributed by atoms with E-state index < -0.39 is 17.6 Å². The third-order valence-electron chi connectivity index (χ3n) is 4.74. The molecule has 4 nitrogen and oxygen atoms in total. The molecule has 1 atom stereocenters. The van der Waals surface area contributed by atoms with Crippen LogP contribution in [0.1, 0.15) is 22.5 Å². The number of nitrogens with zero attached hydrogens (tertiary/aromatic N) is 1. The van der Waals surface area contributed by atoms with Gasteiger partial charge in [-0.15, -0.1) is 0 Å². The Hall–Kier alpha value is -2.80. The van der Waals surface area contributed by atoms with Gasteiger partial charge in [-0.25, -0.2) is 4.98 Å². The topological polar surface area (TPSA) is 64.7 Å². The zero-order valence-corrected chi connectivity index (χ0v) is 14.1. The van der Waals surface area contributed by atoms with Crippen molar-refractivity contribution in [2.45, 2.75) is 25.6 Å². The summed E-state index contributed by atoms with van der Waals surface area (Å²) in [5, 5.41) is 11.4. The number of nitrogens with one attached hydrogen (secondary N) is 2. The predicted octanol–water partition coefficient (Wildman–Crippen LogP) is 4.46. The van der Waals surface area contributed by atoms with Gasteiger partial charge in [-0.3, -0.25) is 0 Å². The molecule has 26 heavy (non-hydrogen) atoms. The predicted molar refractivity (Wildman–Crippen MR) is 92.9 cm³/mol. The second kappa shape index (κ2) is 5.35. The highest BCUT2D eigenvalue weighted by Crippen LogP contribution is 2.47. The Labute approximate surface area is 146 Å². The fourth-order valence-electron chi connectivity index (χ4n) is 3.58. The number of halogens is 3. The summed E-state index contributed by atoms with van der Waals surface area (Å²) in [5.74, 6) is -0.541. The molecule has 134 valence electrons. The van der Waals surface area contributed by atoms with Gasteiger partial charge >= 0.3 is 6.18 Å². The van der Waals surface area contributed by atoms with Gasteiger partial charge in [0.2, 0.25) is 5.60 Å². The van der Waals surface area contributed by atoms with E-state index in [1.165, 1.54) is 0 Å². The molecule has 7 heteroatoms. The lowest BCUT2D eigenvalue weighted by atomic mass is 9.85. The molecule has 0 radical (unpaired) electrons. The number of hydrogen-bond acceptors (Lipinski definition) is 2. The van der Waals surface area contributed by atoms with E-state index in [1.54, 1.807) is 49.5 Å². The Bertz CT molecular complexity index is 1090. The summed E-state index contributed by atoms with van der Waals surface area (Å²) in [6.07, 6.45) is -3.40. The zero-order valence-electron chi connectivity index (χ0n) is 14.1. The maximum atomic E-state index is 14.2. The van der Waals surface area contributed by atoms with Gasteiger partial charge in [0, 0.05) is 22.7 Å². The van der Waals surface area contributed by atoms with Crippen LogP contribution in [0.4, 0.5) is 13.2 Å². The van der Waals surface area contributed by atoms with Crippen LogP contribution < -0.4 is 0 Å². The minimum atomic E-state index is -4.97. The van der Waals surface area contributed by atoms with E-state index in [1.807, 2.05) is 6.92 Å². The summed E-state index contributed by atoms with van der Waals surface area (Å²) < 4.78 is 42.6. The lowest BCUT2D eigenvalue weighted by Gasteiger charge is -2.31. The number of fused-ring (bicyclic) bond motifs is 2. The molecule has 0 aliphatic heterocycles. The van der Waals surface area contributed by atoms with Crippen LogP contribution in [0.25, 0.3) is 21.9 Å². The number of aromatic nitrogens is 3. The molecule has 2 aromatic carbocycles. The van der Waals surface area contributed by atoms with Crippen molar-refractivity contribution in [1.82, 2.24) is 15.0 Å². The molecule has 0 fully saturated rings. The molecule has 4 aromatic rings. The van der Waals surface area contributed by atoms with Crippen LogP contribution >= 0.6 is 0 Å². The molecule has 0 saturated heterocycles. The van der Waals surface area contributed by atoms with E-state index in [-0.39, 0.29) is 5.56 Å². The number of H-pyrrole nitrogens is 2. The van der Waals surface area contributed by atoms with E-state index in [4.69, 9.17) is 0 Å². The summed E-state index contributed by atoms with van der Waals surface area (Å²) in [5.41, 5.74) is -0.976. The van der Waals surface area contributed by atoms with Gasteiger partial charge in [-0.2, -0.15) is 13.2 Å². The molecular formula is C19H16F3N3O. The highest BCUT2D eigenvalue weighted by atomic mass is 19.4. The zero-order chi connectivity index (χ0) is 18.7. The van der Waals surface area contributed by atoms with Crippen LogP contribution in [-0.4, -0.2) is 26.2 Å². The molecule has 0 aliphatic carbocycles. The molecule has 2 aromatic heterocycles. The number of aliphatic hydroxyl groups is 1. The van der Waals surface area contributed by atoms with Crippen LogP contribution in [0.2, 0.25) is 0 Å². The van der Waals surface area contributed by atoms with Crippen molar-refractivity contribution in [3.05, 3.63) is 65.1 Å². The van der Waals surface area contributed by atoms with Crippen molar-refractivity contribution in [3.63, 3.8) is 0 Å². The molecule has 0 amide bonds. The van der Waals surface area contributed by atoms with E-state index in [2.05, 4.69) is 15.0 Å². The van der Waals surface area contributed by atoms with Gasteiger partial charge in [0.05, 0.1) is 11.0 Å². The van der Waals surface area contributed by atoms with Crippen molar-refractivity contribution >= 4 is 21.9 Å². The summed E-state index contributed by atoms with van der Waals surface area (Å²) in [6, 6.07) is 9.77. The Morgan fingerprint density at radius 3 is 2.46 bits per heavy atom. The van der Waals surface area contributed by atoms with Crippen LogP contribution in [0, 0.1) is 13.8 Å². The number of rotatable bonds is 2. The number of para-hydroxylation sites is 2. The van der Waals surface area contributed by atoms with E-state index in [0.29, 0.717) is 27.5 Å². The minimum Gasteiger partial charge on any atom is -0.370 e. The van der Waals surface area contributed by atoms with E-state index in [9.17, 15) is 18.3 Å². The molecule has 2 heterocycles. The van der Waals surface area contributed by atoms with Crippen LogP contribution in [-0.2, 0) is 5.60 Å². The molecular weight excluding hydrogens is 343 g/mol. The Kier molecular flexibility index (Phi) is 3.43. The smallest absolute Gasteiger partial charge is 0.370 e. The van der Waals surface area contributed by atoms with Crippen molar-refractivity contribution in [2.75, 3.05) is 0 Å². The van der Waals surface area contributed by atoms with Gasteiger partial charge < -0.3 is 15.1 Å². The number of benzene rings is 2. The monoisotopic (exact) mass is 359 g/mol. The number of hydrogen-bond donors (Lipinski definition) is 3. The Balaban J connectivity index is 2.10. The van der Waals surface area contributed by atoms with Crippen LogP contribution in [0.15, 0.2) is 42.6 Å². The van der Waals surface area contributed by atoms with Crippen LogP contribution in [0.3, 0.4) is 0 Å². The summed E-state index contributed by atoms with van der Waals surface area (Å²) in [6.45, 7) is 3.37. The lowest BCUT2D eigenvalue weighted by Crippen LogP contribution is -2.45. The van der Waals surface area contributed by atoms with E-state index in [0.717, 1.165) is 5.56 Å². The van der Waals surface area contributed by atoms with Gasteiger partial charge in [-0.1, -0.05) is 18.2 Å². The average Bonchev–Trinajstić information content (AvgIpc) is 3.20. The van der Waals surface area contributed by atoms with Crippen molar-refractivity contribution in [2.24, 2.45) is 0 Å². The van der Waals surface area contributed by atoms with Gasteiger partial charge in [0.15, 0.2) is 5.82 Å². The number of aromatic amines is 2. The summed E-state index contributed by atoms with van der Waals surface area (Å²) >= 11 is 0. The fourth-order valence-corrected chi connectivity index (χ4v) is 3.58. The highest BCUT2D eigenvalue weighted by molar-refractivity contribution is 5.88. The second-order valence-electron chi connectivity index (χ2n) is 6.46. The fraction of sp³-hybridized carbons (Fsp3) is 0.211. The minimum absolute atomic E-state index is 0.217. The first-order valence-electron chi connectivity index (χ1n) is 8.05. The molecule has 0 spiro atoms. The molecule has 0 bridgehead atoms. The second-order valence-corrected chi connectivity index (χ2v) is 6.46. The number of alkyl halides is 3. The largest absolute Gasteiger partial charge is 0.428 e. The molecule has 0 saturated carbocycles. The lowest BCUT2D eigenvalue weighted by molar-refractivity contribution is -0.250. The van der Waals surface area contributed by atoms with E-state index >= 15 is 0 Å². The first-order valence-corrected chi connectivity index (χ1v) is 8.05. The van der Waals surface area contributed by atoms with Gasteiger partial charge in [-0.05, 0) is 43.2 Å². The standard InChI is InChI=1S/C19H16F3N3O/c1-10-9-11(2)16-12(7-8-23-16)15(10)18(26,19(20,21)22)17-24-13-5-3-4-6-14(13)25-17/h3-9,23,26H,1-2H3,(H,24,25). The third kappa shape index (κ3) is 2.17. The van der Waals surface area contributed by atoms with Crippen molar-refractivity contribution in [1.29, 1.82) is 0 Å². The maximum absolute atomic E-state index is 14.2. The van der Waals surface area contributed by atoms with Crippen molar-refractivity contribution in [3.8, 4) is 0 Å². The molecule has 0 aliphatic rings. The Morgan fingerprint density at radius 1 is 1.04 bits per heavy atom.